The summed E-state index contributed by atoms with van der Waals surface area (Å²) in [4.78, 5) is 3.94. The molecule has 0 aliphatic carbocycles. The second-order valence-electron chi connectivity index (χ2n) is 3.50. The van der Waals surface area contributed by atoms with E-state index in [1.807, 2.05) is 12.1 Å². The molecule has 0 saturated heterocycles. The van der Waals surface area contributed by atoms with Crippen molar-refractivity contribution in [3.8, 4) is 28.4 Å². The number of aromatic hydroxyl groups is 1. The van der Waals surface area contributed by atoms with E-state index in [9.17, 15) is 5.11 Å². The van der Waals surface area contributed by atoms with Crippen LogP contribution in [0.4, 0.5) is 0 Å². The van der Waals surface area contributed by atoms with Crippen LogP contribution in [0.5, 0.6) is 17.2 Å². The summed E-state index contributed by atoms with van der Waals surface area (Å²) in [7, 11) is 3.19. The van der Waals surface area contributed by atoms with Gasteiger partial charge in [0.1, 0.15) is 17.2 Å². The third-order valence-electron chi connectivity index (χ3n) is 2.44. The Balaban J connectivity index is 2.51. The van der Waals surface area contributed by atoms with Crippen LogP contribution in [-0.4, -0.2) is 24.3 Å². The van der Waals surface area contributed by atoms with Gasteiger partial charge in [0.2, 0.25) is 0 Å². The number of ether oxygens (including phenoxy) is 2. The molecule has 17 heavy (non-hydrogen) atoms. The SMILES string of the molecule is COc1ccc(-c2cncc(O)c2)c(OC)c1. The van der Waals surface area contributed by atoms with Gasteiger partial charge in [0.25, 0.3) is 0 Å². The Kier molecular flexibility index (Phi) is 3.14. The summed E-state index contributed by atoms with van der Waals surface area (Å²) in [5.41, 5.74) is 1.65. The molecule has 88 valence electrons. The van der Waals surface area contributed by atoms with Gasteiger partial charge in [-0.15, -0.1) is 0 Å². The smallest absolute Gasteiger partial charge is 0.134 e. The summed E-state index contributed by atoms with van der Waals surface area (Å²) in [6.45, 7) is 0. The molecule has 1 aromatic heterocycles. The van der Waals surface area contributed by atoms with Crippen molar-refractivity contribution in [1.82, 2.24) is 4.98 Å². The lowest BCUT2D eigenvalue weighted by molar-refractivity contribution is 0.395. The van der Waals surface area contributed by atoms with Crippen LogP contribution in [0.1, 0.15) is 0 Å². The highest BCUT2D eigenvalue weighted by Gasteiger charge is 2.08. The highest BCUT2D eigenvalue weighted by Crippen LogP contribution is 2.33. The molecular formula is C13H13NO3. The van der Waals surface area contributed by atoms with Crippen molar-refractivity contribution in [2.24, 2.45) is 0 Å². The molecule has 4 heteroatoms. The Labute approximate surface area is 99.5 Å². The minimum absolute atomic E-state index is 0.125. The van der Waals surface area contributed by atoms with E-state index in [1.165, 1.54) is 6.20 Å². The molecule has 0 aliphatic rings. The first kappa shape index (κ1) is 11.3. The fraction of sp³-hybridized carbons (Fsp3) is 0.154. The predicted octanol–water partition coefficient (Wildman–Crippen LogP) is 2.47. The van der Waals surface area contributed by atoms with Crippen molar-refractivity contribution >= 4 is 0 Å². The first-order valence-electron chi connectivity index (χ1n) is 5.11. The van der Waals surface area contributed by atoms with E-state index >= 15 is 0 Å². The summed E-state index contributed by atoms with van der Waals surface area (Å²) in [5, 5.41) is 9.41. The maximum Gasteiger partial charge on any atom is 0.134 e. The molecule has 0 atom stereocenters. The van der Waals surface area contributed by atoms with Crippen molar-refractivity contribution in [2.45, 2.75) is 0 Å². The molecule has 0 radical (unpaired) electrons. The molecule has 1 aromatic carbocycles. The predicted molar refractivity (Wildman–Crippen MR) is 64.4 cm³/mol. The fourth-order valence-electron chi connectivity index (χ4n) is 1.61. The van der Waals surface area contributed by atoms with Crippen LogP contribution >= 0.6 is 0 Å². The van der Waals surface area contributed by atoms with Gasteiger partial charge in [0.05, 0.1) is 20.4 Å². The third-order valence-corrected chi connectivity index (χ3v) is 2.44. The Morgan fingerprint density at radius 1 is 1.06 bits per heavy atom. The Morgan fingerprint density at radius 3 is 2.53 bits per heavy atom. The van der Waals surface area contributed by atoms with Gasteiger partial charge < -0.3 is 14.6 Å². The molecule has 0 saturated carbocycles. The monoisotopic (exact) mass is 231 g/mol. The first-order chi connectivity index (χ1) is 8.24. The van der Waals surface area contributed by atoms with Crippen LogP contribution in [0, 0.1) is 0 Å². The van der Waals surface area contributed by atoms with E-state index in [0.717, 1.165) is 16.9 Å². The van der Waals surface area contributed by atoms with Crippen LogP contribution in [0.25, 0.3) is 11.1 Å². The average molecular weight is 231 g/mol. The van der Waals surface area contributed by atoms with Gasteiger partial charge in [0, 0.05) is 23.4 Å². The van der Waals surface area contributed by atoms with Crippen molar-refractivity contribution in [3.63, 3.8) is 0 Å². The van der Waals surface area contributed by atoms with Crippen molar-refractivity contribution in [1.29, 1.82) is 0 Å². The van der Waals surface area contributed by atoms with E-state index in [4.69, 9.17) is 9.47 Å². The lowest BCUT2D eigenvalue weighted by Crippen LogP contribution is -1.90. The van der Waals surface area contributed by atoms with E-state index in [0.29, 0.717) is 5.75 Å². The Bertz CT molecular complexity index is 526. The standard InChI is InChI=1S/C13H13NO3/c1-16-11-3-4-12(13(6-11)17-2)9-5-10(15)8-14-7-9/h3-8,15H,1-2H3. The number of benzene rings is 1. The first-order valence-corrected chi connectivity index (χ1v) is 5.11. The van der Waals surface area contributed by atoms with E-state index < -0.39 is 0 Å². The topological polar surface area (TPSA) is 51.6 Å². The van der Waals surface area contributed by atoms with Crippen LogP contribution < -0.4 is 9.47 Å². The van der Waals surface area contributed by atoms with Gasteiger partial charge in [-0.25, -0.2) is 0 Å². The minimum Gasteiger partial charge on any atom is -0.506 e. The third kappa shape index (κ3) is 2.30. The van der Waals surface area contributed by atoms with Gasteiger partial charge >= 0.3 is 0 Å². The molecule has 0 spiro atoms. The average Bonchev–Trinajstić information content (AvgIpc) is 2.38. The zero-order valence-electron chi connectivity index (χ0n) is 9.68. The number of aromatic nitrogens is 1. The summed E-state index contributed by atoms with van der Waals surface area (Å²) in [6, 6.07) is 7.13. The summed E-state index contributed by atoms with van der Waals surface area (Å²) < 4.78 is 10.4. The van der Waals surface area contributed by atoms with Gasteiger partial charge in [0.15, 0.2) is 0 Å². The number of pyridine rings is 1. The largest absolute Gasteiger partial charge is 0.506 e. The van der Waals surface area contributed by atoms with Gasteiger partial charge in [-0.1, -0.05) is 0 Å². The maximum atomic E-state index is 9.41. The molecule has 0 aliphatic heterocycles. The molecule has 0 amide bonds. The van der Waals surface area contributed by atoms with Gasteiger partial charge in [-0.05, 0) is 18.2 Å². The second kappa shape index (κ2) is 4.74. The quantitative estimate of drug-likeness (QED) is 0.881. The summed E-state index contributed by atoms with van der Waals surface area (Å²) in [5.74, 6) is 1.52. The molecule has 0 unspecified atom stereocenters. The summed E-state index contributed by atoms with van der Waals surface area (Å²) in [6.07, 6.45) is 3.06. The van der Waals surface area contributed by atoms with Crippen LogP contribution in [0.3, 0.4) is 0 Å². The number of nitrogens with zero attached hydrogens (tertiary/aromatic N) is 1. The van der Waals surface area contributed by atoms with E-state index in [1.54, 1.807) is 32.5 Å². The normalized spacial score (nSPS) is 10.0. The Hall–Kier alpha value is -2.23. The summed E-state index contributed by atoms with van der Waals surface area (Å²) >= 11 is 0. The van der Waals surface area contributed by atoms with E-state index in [-0.39, 0.29) is 5.75 Å². The van der Waals surface area contributed by atoms with Crippen LogP contribution in [0.15, 0.2) is 36.7 Å². The van der Waals surface area contributed by atoms with Crippen LogP contribution in [-0.2, 0) is 0 Å². The van der Waals surface area contributed by atoms with Crippen molar-refractivity contribution in [2.75, 3.05) is 14.2 Å². The molecule has 1 heterocycles. The van der Waals surface area contributed by atoms with E-state index in [2.05, 4.69) is 4.98 Å². The highest BCUT2D eigenvalue weighted by molar-refractivity contribution is 5.71. The van der Waals surface area contributed by atoms with Crippen molar-refractivity contribution < 1.29 is 14.6 Å². The number of rotatable bonds is 3. The molecule has 4 nitrogen and oxygen atoms in total. The molecule has 0 fully saturated rings. The number of hydrogen-bond donors (Lipinski definition) is 1. The second-order valence-corrected chi connectivity index (χ2v) is 3.50. The zero-order chi connectivity index (χ0) is 12.3. The number of hydrogen-bond acceptors (Lipinski definition) is 4. The lowest BCUT2D eigenvalue weighted by atomic mass is 10.1. The Morgan fingerprint density at radius 2 is 1.88 bits per heavy atom. The molecular weight excluding hydrogens is 218 g/mol. The minimum atomic E-state index is 0.125. The maximum absolute atomic E-state index is 9.41. The zero-order valence-corrected chi connectivity index (χ0v) is 9.68. The fourth-order valence-corrected chi connectivity index (χ4v) is 1.61. The number of methoxy groups -OCH3 is 2. The van der Waals surface area contributed by atoms with Gasteiger partial charge in [-0.2, -0.15) is 0 Å². The molecule has 2 aromatic rings. The lowest BCUT2D eigenvalue weighted by Gasteiger charge is -2.10. The van der Waals surface area contributed by atoms with Crippen LogP contribution in [0.2, 0.25) is 0 Å². The highest BCUT2D eigenvalue weighted by atomic mass is 16.5. The molecule has 1 N–H and O–H groups in total. The molecule has 0 bridgehead atoms. The molecule has 2 rings (SSSR count). The van der Waals surface area contributed by atoms with Gasteiger partial charge in [-0.3, -0.25) is 4.98 Å². The van der Waals surface area contributed by atoms with Crippen molar-refractivity contribution in [3.05, 3.63) is 36.7 Å².